The van der Waals surface area contributed by atoms with Crippen molar-refractivity contribution < 1.29 is 18.4 Å². The van der Waals surface area contributed by atoms with Crippen LogP contribution in [0, 0.1) is 11.6 Å². The average molecular weight is 494 g/mol. The number of benzene rings is 2. The molecule has 3 aromatic rings. The zero-order valence-corrected chi connectivity index (χ0v) is 20.0. The van der Waals surface area contributed by atoms with Gasteiger partial charge in [0, 0.05) is 38.0 Å². The van der Waals surface area contributed by atoms with Crippen LogP contribution in [0.25, 0.3) is 11.3 Å². The first-order valence-corrected chi connectivity index (χ1v) is 12.5. The largest absolute Gasteiger partial charge is 0.341 e. The van der Waals surface area contributed by atoms with Crippen LogP contribution in [0.5, 0.6) is 0 Å². The number of carbonyl (C=O) groups is 2. The van der Waals surface area contributed by atoms with Gasteiger partial charge in [0.25, 0.3) is 0 Å². The van der Waals surface area contributed by atoms with Crippen LogP contribution in [0.4, 0.5) is 8.78 Å². The van der Waals surface area contributed by atoms with Crippen LogP contribution in [0.15, 0.2) is 54.7 Å². The Morgan fingerprint density at radius 2 is 1.78 bits per heavy atom. The van der Waals surface area contributed by atoms with Crippen molar-refractivity contribution in [3.63, 3.8) is 0 Å². The first-order valence-electron chi connectivity index (χ1n) is 12.5. The second-order valence-electron chi connectivity index (χ2n) is 9.54. The summed E-state index contributed by atoms with van der Waals surface area (Å²) in [5.41, 5.74) is 2.00. The van der Waals surface area contributed by atoms with E-state index in [1.807, 2.05) is 35.2 Å². The highest BCUT2D eigenvalue weighted by atomic mass is 19.2. The van der Waals surface area contributed by atoms with Crippen LogP contribution >= 0.6 is 0 Å². The molecule has 7 nitrogen and oxygen atoms in total. The molecular formula is C27H29F2N5O2. The first kappa shape index (κ1) is 24.1. The van der Waals surface area contributed by atoms with E-state index in [4.69, 9.17) is 0 Å². The number of nitrogens with zero attached hydrogens (tertiary/aromatic N) is 5. The lowest BCUT2D eigenvalue weighted by Crippen LogP contribution is -2.46. The SMILES string of the molecule is O=C([C@@H]1C[C@H](n2cc(-c3ccc(F)c(F)c3)nn2)CN1C(=O)CCCc1ccccc1)N1CCCC1. The number of likely N-dealkylation sites (tertiary alicyclic amines) is 2. The van der Waals surface area contributed by atoms with Gasteiger partial charge in [-0.15, -0.1) is 5.10 Å². The van der Waals surface area contributed by atoms with Crippen LogP contribution in [-0.4, -0.2) is 62.3 Å². The molecule has 5 rings (SSSR count). The molecule has 36 heavy (non-hydrogen) atoms. The van der Waals surface area contributed by atoms with Gasteiger partial charge in [-0.3, -0.25) is 9.59 Å². The van der Waals surface area contributed by atoms with Crippen LogP contribution in [0.2, 0.25) is 0 Å². The third-order valence-corrected chi connectivity index (χ3v) is 7.10. The van der Waals surface area contributed by atoms with E-state index in [0.29, 0.717) is 37.1 Å². The molecule has 2 aromatic carbocycles. The van der Waals surface area contributed by atoms with E-state index in [-0.39, 0.29) is 17.9 Å². The maximum absolute atomic E-state index is 13.7. The van der Waals surface area contributed by atoms with Crippen molar-refractivity contribution in [3.05, 3.63) is 71.9 Å². The smallest absolute Gasteiger partial charge is 0.245 e. The Kier molecular flexibility index (Phi) is 7.06. The molecule has 0 unspecified atom stereocenters. The van der Waals surface area contributed by atoms with E-state index in [1.54, 1.807) is 15.8 Å². The normalized spacial score (nSPS) is 19.7. The van der Waals surface area contributed by atoms with Crippen molar-refractivity contribution in [1.29, 1.82) is 0 Å². The number of halogens is 2. The van der Waals surface area contributed by atoms with E-state index in [1.165, 1.54) is 11.6 Å². The second-order valence-corrected chi connectivity index (χ2v) is 9.54. The highest BCUT2D eigenvalue weighted by Gasteiger charge is 2.42. The summed E-state index contributed by atoms with van der Waals surface area (Å²) < 4.78 is 28.7. The molecule has 3 heterocycles. The summed E-state index contributed by atoms with van der Waals surface area (Å²) >= 11 is 0. The first-order chi connectivity index (χ1) is 17.5. The Morgan fingerprint density at radius 3 is 2.53 bits per heavy atom. The second kappa shape index (κ2) is 10.6. The van der Waals surface area contributed by atoms with Crippen molar-refractivity contribution >= 4 is 11.8 Å². The summed E-state index contributed by atoms with van der Waals surface area (Å²) in [6.45, 7) is 1.80. The molecule has 2 atom stereocenters. The minimum atomic E-state index is -0.952. The summed E-state index contributed by atoms with van der Waals surface area (Å²) in [5, 5.41) is 8.33. The Balaban J connectivity index is 1.30. The highest BCUT2D eigenvalue weighted by molar-refractivity contribution is 5.88. The predicted octanol–water partition coefficient (Wildman–Crippen LogP) is 4.01. The van der Waals surface area contributed by atoms with Gasteiger partial charge in [0.05, 0.1) is 12.2 Å². The molecule has 2 saturated heterocycles. The Bertz CT molecular complexity index is 1230. The molecule has 0 spiro atoms. The number of rotatable bonds is 7. The quantitative estimate of drug-likeness (QED) is 0.499. The van der Waals surface area contributed by atoms with Crippen molar-refractivity contribution in [1.82, 2.24) is 24.8 Å². The van der Waals surface area contributed by atoms with Gasteiger partial charge in [0.2, 0.25) is 11.8 Å². The van der Waals surface area contributed by atoms with Crippen molar-refractivity contribution in [2.24, 2.45) is 0 Å². The molecule has 9 heteroatoms. The minimum Gasteiger partial charge on any atom is -0.341 e. The topological polar surface area (TPSA) is 71.3 Å². The summed E-state index contributed by atoms with van der Waals surface area (Å²) in [6, 6.07) is 12.9. The van der Waals surface area contributed by atoms with Crippen molar-refractivity contribution in [2.45, 2.75) is 50.6 Å². The lowest BCUT2D eigenvalue weighted by molar-refractivity contribution is -0.143. The molecule has 0 aliphatic carbocycles. The summed E-state index contributed by atoms with van der Waals surface area (Å²) in [6.07, 6.45) is 5.94. The number of hydrogen-bond acceptors (Lipinski definition) is 4. The Hall–Kier alpha value is -3.62. The van der Waals surface area contributed by atoms with Gasteiger partial charge in [-0.05, 0) is 49.4 Å². The van der Waals surface area contributed by atoms with Gasteiger partial charge in [0.15, 0.2) is 11.6 Å². The molecule has 2 aliphatic rings. The molecule has 188 valence electrons. The van der Waals surface area contributed by atoms with E-state index in [9.17, 15) is 18.4 Å². The molecule has 2 amide bonds. The lowest BCUT2D eigenvalue weighted by Gasteiger charge is -2.27. The van der Waals surface area contributed by atoms with E-state index in [0.717, 1.165) is 44.5 Å². The van der Waals surface area contributed by atoms with Crippen LogP contribution < -0.4 is 0 Å². The van der Waals surface area contributed by atoms with E-state index < -0.39 is 17.7 Å². The maximum atomic E-state index is 13.7. The van der Waals surface area contributed by atoms with Gasteiger partial charge in [-0.1, -0.05) is 35.5 Å². The Labute approximate surface area is 208 Å². The summed E-state index contributed by atoms with van der Waals surface area (Å²) in [5.74, 6) is -1.92. The monoisotopic (exact) mass is 493 g/mol. The van der Waals surface area contributed by atoms with Crippen molar-refractivity contribution in [2.75, 3.05) is 19.6 Å². The number of amides is 2. The number of carbonyl (C=O) groups excluding carboxylic acids is 2. The molecule has 2 aliphatic heterocycles. The summed E-state index contributed by atoms with van der Waals surface area (Å²) in [4.78, 5) is 30.2. The van der Waals surface area contributed by atoms with Gasteiger partial charge in [0.1, 0.15) is 11.7 Å². The molecule has 1 aromatic heterocycles. The standard InChI is InChI=1S/C27H29F2N5O2/c28-22-12-11-20(15-23(22)29)24-18-34(31-30-24)21-16-25(27(36)32-13-4-5-14-32)33(17-21)26(35)10-6-9-19-7-2-1-3-8-19/h1-3,7-8,11-12,15,18,21,25H,4-6,9-10,13-14,16-17H2/t21-,25-/m0/s1. The fourth-order valence-electron chi connectivity index (χ4n) is 5.14. The molecular weight excluding hydrogens is 464 g/mol. The fraction of sp³-hybridized carbons (Fsp3) is 0.407. The zero-order valence-electron chi connectivity index (χ0n) is 20.0. The molecule has 0 radical (unpaired) electrons. The summed E-state index contributed by atoms with van der Waals surface area (Å²) in [7, 11) is 0. The maximum Gasteiger partial charge on any atom is 0.245 e. The third-order valence-electron chi connectivity index (χ3n) is 7.10. The van der Waals surface area contributed by atoms with Gasteiger partial charge < -0.3 is 9.80 Å². The minimum absolute atomic E-state index is 0.00708. The van der Waals surface area contributed by atoms with Crippen LogP contribution in [0.3, 0.4) is 0 Å². The third kappa shape index (κ3) is 5.15. The van der Waals surface area contributed by atoms with Crippen molar-refractivity contribution in [3.8, 4) is 11.3 Å². The molecule has 0 saturated carbocycles. The predicted molar refractivity (Wildman–Crippen MR) is 130 cm³/mol. The lowest BCUT2D eigenvalue weighted by atomic mass is 10.1. The highest BCUT2D eigenvalue weighted by Crippen LogP contribution is 2.31. The van der Waals surface area contributed by atoms with Gasteiger partial charge >= 0.3 is 0 Å². The van der Waals surface area contributed by atoms with Gasteiger partial charge in [-0.25, -0.2) is 13.5 Å². The van der Waals surface area contributed by atoms with E-state index >= 15 is 0 Å². The van der Waals surface area contributed by atoms with E-state index in [2.05, 4.69) is 10.3 Å². The fourth-order valence-corrected chi connectivity index (χ4v) is 5.14. The molecule has 0 bridgehead atoms. The number of aryl methyl sites for hydroxylation is 1. The van der Waals surface area contributed by atoms with Crippen LogP contribution in [-0.2, 0) is 16.0 Å². The van der Waals surface area contributed by atoms with Gasteiger partial charge in [-0.2, -0.15) is 0 Å². The Morgan fingerprint density at radius 1 is 1.00 bits per heavy atom. The number of hydrogen-bond donors (Lipinski definition) is 0. The molecule has 2 fully saturated rings. The number of aromatic nitrogens is 3. The average Bonchev–Trinajstić information content (AvgIpc) is 3.66. The zero-order chi connectivity index (χ0) is 25.1. The van der Waals surface area contributed by atoms with Crippen LogP contribution in [0.1, 0.15) is 43.7 Å². The molecule has 0 N–H and O–H groups in total.